The molecule has 3 heterocycles. The van der Waals surface area contributed by atoms with Gasteiger partial charge in [0.2, 0.25) is 11.7 Å². The first-order chi connectivity index (χ1) is 15.7. The summed E-state index contributed by atoms with van der Waals surface area (Å²) in [6, 6.07) is 18.2. The highest BCUT2D eigenvalue weighted by molar-refractivity contribution is 5.98. The second-order valence-corrected chi connectivity index (χ2v) is 8.68. The first-order valence-corrected chi connectivity index (χ1v) is 11.3. The first-order valence-electron chi connectivity index (χ1n) is 11.3. The van der Waals surface area contributed by atoms with E-state index >= 15 is 0 Å². The van der Waals surface area contributed by atoms with Crippen LogP contribution >= 0.6 is 0 Å². The molecule has 162 valence electrons. The van der Waals surface area contributed by atoms with Crippen LogP contribution in [0, 0.1) is 0 Å². The number of para-hydroxylation sites is 1. The van der Waals surface area contributed by atoms with Crippen molar-refractivity contribution < 1.29 is 9.32 Å². The van der Waals surface area contributed by atoms with Gasteiger partial charge in [0, 0.05) is 54.3 Å². The topological polar surface area (TPSA) is 78.3 Å². The highest BCUT2D eigenvalue weighted by Gasteiger charge is 2.26. The molecule has 32 heavy (non-hydrogen) atoms. The van der Waals surface area contributed by atoms with Crippen LogP contribution in [0.25, 0.3) is 22.3 Å². The molecule has 6 rings (SSSR count). The van der Waals surface area contributed by atoms with Crippen LogP contribution in [0.3, 0.4) is 0 Å². The molecule has 1 saturated heterocycles. The number of nitrogens with one attached hydrogen (secondary N) is 1. The average Bonchev–Trinajstić information content (AvgIpc) is 3.45. The summed E-state index contributed by atoms with van der Waals surface area (Å²) < 4.78 is 5.45. The maximum atomic E-state index is 12.9. The number of hydrogen-bond acceptors (Lipinski definition) is 5. The summed E-state index contributed by atoms with van der Waals surface area (Å²) in [6.45, 7) is 3.01. The fourth-order valence-corrected chi connectivity index (χ4v) is 4.52. The second kappa shape index (κ2) is 7.82. The van der Waals surface area contributed by atoms with E-state index < -0.39 is 0 Å². The van der Waals surface area contributed by atoms with E-state index in [1.165, 1.54) is 6.42 Å². The molecular weight excluding hydrogens is 402 g/mol. The number of hydrogen-bond donors (Lipinski definition) is 1. The molecular formula is C25H25N5O2. The van der Waals surface area contributed by atoms with Gasteiger partial charge in [0.25, 0.3) is 5.91 Å². The number of benzene rings is 2. The molecule has 0 unspecified atom stereocenters. The largest absolute Gasteiger partial charge is 0.368 e. The fraction of sp³-hybridized carbons (Fsp3) is 0.320. The molecule has 7 nitrogen and oxygen atoms in total. The zero-order valence-electron chi connectivity index (χ0n) is 17.8. The van der Waals surface area contributed by atoms with Gasteiger partial charge in [0.1, 0.15) is 5.69 Å². The van der Waals surface area contributed by atoms with E-state index in [2.05, 4.69) is 32.2 Å². The Morgan fingerprint density at radius 3 is 2.50 bits per heavy atom. The van der Waals surface area contributed by atoms with Crippen molar-refractivity contribution in [2.24, 2.45) is 0 Å². The third-order valence-corrected chi connectivity index (χ3v) is 6.71. The van der Waals surface area contributed by atoms with Gasteiger partial charge in [0.15, 0.2) is 0 Å². The summed E-state index contributed by atoms with van der Waals surface area (Å²) in [5, 5.41) is 5.22. The maximum absolute atomic E-state index is 12.9. The van der Waals surface area contributed by atoms with Crippen molar-refractivity contribution >= 4 is 22.5 Å². The molecule has 1 aliphatic carbocycles. The van der Waals surface area contributed by atoms with Gasteiger partial charge in [-0.3, -0.25) is 4.79 Å². The highest BCUT2D eigenvalue weighted by atomic mass is 16.5. The average molecular weight is 428 g/mol. The standard InChI is InChI=1S/C25H25N5O2/c31-25(22-16-19-4-1-2-7-21(19)26-22)30-14-12-29(13-15-30)20-10-8-17(9-11-20)23-27-24(32-28-23)18-5-3-6-18/h1-2,4,7-11,16,18,26H,3,5-6,12-15H2. The van der Waals surface area contributed by atoms with Crippen LogP contribution in [0.15, 0.2) is 59.1 Å². The molecule has 4 aromatic rings. The van der Waals surface area contributed by atoms with Crippen molar-refractivity contribution in [1.82, 2.24) is 20.0 Å². The van der Waals surface area contributed by atoms with E-state index in [4.69, 9.17) is 4.52 Å². The molecule has 1 N–H and O–H groups in total. The Labute approximate surface area is 186 Å². The normalized spacial score (nSPS) is 17.0. The number of amides is 1. The maximum Gasteiger partial charge on any atom is 0.270 e. The third-order valence-electron chi connectivity index (χ3n) is 6.71. The van der Waals surface area contributed by atoms with E-state index in [1.54, 1.807) is 0 Å². The van der Waals surface area contributed by atoms with Crippen LogP contribution in [0.5, 0.6) is 0 Å². The Kier molecular flexibility index (Phi) is 4.67. The molecule has 0 radical (unpaired) electrons. The van der Waals surface area contributed by atoms with Gasteiger partial charge >= 0.3 is 0 Å². The van der Waals surface area contributed by atoms with Gasteiger partial charge in [-0.1, -0.05) is 29.8 Å². The number of anilines is 1. The highest BCUT2D eigenvalue weighted by Crippen LogP contribution is 2.36. The smallest absolute Gasteiger partial charge is 0.270 e. The summed E-state index contributed by atoms with van der Waals surface area (Å²) >= 11 is 0. The Morgan fingerprint density at radius 1 is 1.00 bits per heavy atom. The number of aromatic amines is 1. The molecule has 1 amide bonds. The molecule has 2 aromatic carbocycles. The van der Waals surface area contributed by atoms with Gasteiger partial charge in [-0.05, 0) is 49.2 Å². The van der Waals surface area contributed by atoms with Gasteiger partial charge in [0.05, 0.1) is 0 Å². The van der Waals surface area contributed by atoms with Crippen LogP contribution in [0.1, 0.15) is 41.6 Å². The van der Waals surface area contributed by atoms with Crippen molar-refractivity contribution in [3.63, 3.8) is 0 Å². The van der Waals surface area contributed by atoms with Crippen LogP contribution in [0.4, 0.5) is 5.69 Å². The Bertz CT molecular complexity index is 1210. The van der Waals surface area contributed by atoms with E-state index in [9.17, 15) is 4.79 Å². The molecule has 2 fully saturated rings. The number of nitrogens with zero attached hydrogens (tertiary/aromatic N) is 4. The molecule has 7 heteroatoms. The molecule has 1 aliphatic heterocycles. The third kappa shape index (κ3) is 3.43. The molecule has 0 spiro atoms. The minimum absolute atomic E-state index is 0.0653. The van der Waals surface area contributed by atoms with Crippen molar-refractivity contribution in [3.05, 3.63) is 66.2 Å². The number of carbonyl (C=O) groups excluding carboxylic acids is 1. The second-order valence-electron chi connectivity index (χ2n) is 8.68. The van der Waals surface area contributed by atoms with Crippen LogP contribution in [0.2, 0.25) is 0 Å². The SMILES string of the molecule is O=C(c1cc2ccccc2[nH]1)N1CCN(c2ccc(-c3noc(C4CCC4)n3)cc2)CC1. The molecule has 0 atom stereocenters. The number of fused-ring (bicyclic) bond motifs is 1. The lowest BCUT2D eigenvalue weighted by Gasteiger charge is -2.36. The van der Waals surface area contributed by atoms with E-state index in [0.717, 1.165) is 54.0 Å². The molecule has 2 aliphatic rings. The number of rotatable bonds is 4. The lowest BCUT2D eigenvalue weighted by Crippen LogP contribution is -2.48. The summed E-state index contributed by atoms with van der Waals surface area (Å²) in [4.78, 5) is 25.0. The Morgan fingerprint density at radius 2 is 1.78 bits per heavy atom. The van der Waals surface area contributed by atoms with Gasteiger partial charge < -0.3 is 19.3 Å². The first kappa shape index (κ1) is 19.1. The summed E-state index contributed by atoms with van der Waals surface area (Å²) in [5.41, 5.74) is 3.77. The number of carbonyl (C=O) groups is 1. The molecule has 1 saturated carbocycles. The fourth-order valence-electron chi connectivity index (χ4n) is 4.52. The van der Waals surface area contributed by atoms with Crippen LogP contribution in [-0.4, -0.2) is 52.1 Å². The minimum atomic E-state index is 0.0653. The summed E-state index contributed by atoms with van der Waals surface area (Å²) in [6.07, 6.45) is 3.54. The number of H-pyrrole nitrogens is 1. The van der Waals surface area contributed by atoms with E-state index in [1.807, 2.05) is 47.4 Å². The van der Waals surface area contributed by atoms with E-state index in [0.29, 0.717) is 30.5 Å². The zero-order chi connectivity index (χ0) is 21.5. The van der Waals surface area contributed by atoms with Crippen molar-refractivity contribution in [1.29, 1.82) is 0 Å². The summed E-state index contributed by atoms with van der Waals surface area (Å²) in [7, 11) is 0. The van der Waals surface area contributed by atoms with E-state index in [-0.39, 0.29) is 5.91 Å². The lowest BCUT2D eigenvalue weighted by molar-refractivity contribution is 0.0742. The molecule has 0 bridgehead atoms. The number of aromatic nitrogens is 3. The Hall–Kier alpha value is -3.61. The minimum Gasteiger partial charge on any atom is -0.368 e. The predicted molar refractivity (Wildman–Crippen MR) is 123 cm³/mol. The van der Waals surface area contributed by atoms with Crippen LogP contribution in [-0.2, 0) is 0 Å². The van der Waals surface area contributed by atoms with Gasteiger partial charge in [-0.2, -0.15) is 4.98 Å². The zero-order valence-corrected chi connectivity index (χ0v) is 17.8. The Balaban J connectivity index is 1.09. The van der Waals surface area contributed by atoms with Crippen LogP contribution < -0.4 is 4.90 Å². The quantitative estimate of drug-likeness (QED) is 0.521. The predicted octanol–water partition coefficient (Wildman–Crippen LogP) is 4.45. The number of piperazine rings is 1. The van der Waals surface area contributed by atoms with Crippen molar-refractivity contribution in [2.75, 3.05) is 31.1 Å². The monoisotopic (exact) mass is 427 g/mol. The summed E-state index contributed by atoms with van der Waals surface area (Å²) in [5.74, 6) is 1.94. The molecule has 2 aromatic heterocycles. The van der Waals surface area contributed by atoms with Gasteiger partial charge in [-0.15, -0.1) is 0 Å². The lowest BCUT2D eigenvalue weighted by atomic mass is 9.85. The van der Waals surface area contributed by atoms with Crippen molar-refractivity contribution in [3.8, 4) is 11.4 Å². The van der Waals surface area contributed by atoms with Crippen molar-refractivity contribution in [2.45, 2.75) is 25.2 Å². The van der Waals surface area contributed by atoms with Gasteiger partial charge in [-0.25, -0.2) is 0 Å².